The molecule has 0 saturated carbocycles. The van der Waals surface area contributed by atoms with Crippen molar-refractivity contribution in [3.63, 3.8) is 0 Å². The standard InChI is InChI=1S/C2H5O5.Ti/c3-1(4)2(5,6)7;/h1,3,5-7H;/q-1;+1. The molecule has 0 aliphatic heterocycles. The fourth-order valence-corrected chi connectivity index (χ4v) is 0.326. The zero-order chi connectivity index (χ0) is 6.78. The topological polar surface area (TPSA) is 90.2 Å². The van der Waals surface area contributed by atoms with Gasteiger partial charge in [-0.05, 0) is 0 Å². The molecule has 0 aromatic rings. The normalized spacial score (nSPS) is 15.9. The molecule has 0 rings (SSSR count). The minimum absolute atomic E-state index is 1.02. The van der Waals surface area contributed by atoms with Crippen molar-refractivity contribution in [3.05, 3.63) is 0 Å². The summed E-state index contributed by atoms with van der Waals surface area (Å²) in [5.74, 6) is -3.16. The summed E-state index contributed by atoms with van der Waals surface area (Å²) in [6, 6.07) is 0. The van der Waals surface area contributed by atoms with E-state index in [9.17, 15) is 0 Å². The number of rotatable bonds is 2. The molecule has 5 nitrogen and oxygen atoms in total. The molecule has 6 heteroatoms. The van der Waals surface area contributed by atoms with Gasteiger partial charge in [-0.1, -0.05) is 0 Å². The Morgan fingerprint density at radius 2 is 1.75 bits per heavy atom. The first-order valence-electron chi connectivity index (χ1n) is 1.66. The van der Waals surface area contributed by atoms with Gasteiger partial charge in [-0.2, -0.15) is 0 Å². The van der Waals surface area contributed by atoms with Crippen molar-refractivity contribution in [1.29, 1.82) is 0 Å². The number of hydrogen-bond acceptors (Lipinski definition) is 5. The number of hydrogen-bond donors (Lipinski definition) is 4. The molecule has 0 aliphatic rings. The summed E-state index contributed by atoms with van der Waals surface area (Å²) in [7, 11) is 0. The Kier molecular flexibility index (Phi) is 3.07. The van der Waals surface area contributed by atoms with Gasteiger partial charge in [-0.15, -0.1) is 0 Å². The quantitative estimate of drug-likeness (QED) is 0.261. The van der Waals surface area contributed by atoms with Crippen LogP contribution in [0.1, 0.15) is 0 Å². The van der Waals surface area contributed by atoms with Crippen molar-refractivity contribution >= 4 is 0 Å². The van der Waals surface area contributed by atoms with Gasteiger partial charge in [0.1, 0.15) is 0 Å². The van der Waals surface area contributed by atoms with Crippen LogP contribution in [0.3, 0.4) is 0 Å². The summed E-state index contributed by atoms with van der Waals surface area (Å²) < 4.78 is 3.92. The molecule has 8 heavy (non-hydrogen) atoms. The summed E-state index contributed by atoms with van der Waals surface area (Å²) in [6.45, 7) is 0. The second-order valence-corrected chi connectivity index (χ2v) is 1.53. The first kappa shape index (κ1) is 8.51. The van der Waals surface area contributed by atoms with Crippen LogP contribution in [0.15, 0.2) is 0 Å². The Labute approximate surface area is 57.4 Å². The van der Waals surface area contributed by atoms with E-state index in [-0.39, 0.29) is 0 Å². The van der Waals surface area contributed by atoms with Gasteiger partial charge in [0, 0.05) is 0 Å². The monoisotopic (exact) mass is 157 g/mol. The third-order valence-corrected chi connectivity index (χ3v) is 0.792. The second kappa shape index (κ2) is 2.88. The van der Waals surface area contributed by atoms with Crippen LogP contribution in [0.4, 0.5) is 0 Å². The average molecular weight is 157 g/mol. The Morgan fingerprint density at radius 1 is 1.38 bits per heavy atom. The van der Waals surface area contributed by atoms with Gasteiger partial charge in [0.2, 0.25) is 0 Å². The van der Waals surface area contributed by atoms with E-state index in [0.29, 0.717) is 0 Å². The fourth-order valence-electron chi connectivity index (χ4n) is 0.0791. The van der Waals surface area contributed by atoms with Crippen molar-refractivity contribution in [2.24, 2.45) is 0 Å². The van der Waals surface area contributed by atoms with Gasteiger partial charge >= 0.3 is 56.8 Å². The zero-order valence-electron chi connectivity index (χ0n) is 3.77. The van der Waals surface area contributed by atoms with E-state index >= 15 is 0 Å². The summed E-state index contributed by atoms with van der Waals surface area (Å²) in [4.78, 5) is 0. The van der Waals surface area contributed by atoms with E-state index in [1.807, 2.05) is 0 Å². The molecule has 0 heterocycles. The number of aliphatic hydroxyl groups is 4. The maximum absolute atomic E-state index is 8.22. The van der Waals surface area contributed by atoms with Crippen LogP contribution in [0.5, 0.6) is 0 Å². The van der Waals surface area contributed by atoms with Crippen LogP contribution < -0.4 is 0 Å². The molecule has 47 valence electrons. The predicted molar refractivity (Wildman–Crippen MR) is 16.5 cm³/mol. The molecule has 0 saturated heterocycles. The SMILES string of the molecule is OC([O][Ti])C(O)(O)O. The Morgan fingerprint density at radius 3 is 1.75 bits per heavy atom. The minimum atomic E-state index is -3.16. The van der Waals surface area contributed by atoms with Gasteiger partial charge in [-0.3, -0.25) is 0 Å². The first-order valence-corrected chi connectivity index (χ1v) is 2.30. The van der Waals surface area contributed by atoms with E-state index in [0.717, 1.165) is 20.8 Å². The van der Waals surface area contributed by atoms with Crippen molar-refractivity contribution in [1.82, 2.24) is 0 Å². The summed E-state index contributed by atoms with van der Waals surface area (Å²) in [6.07, 6.45) is -1.98. The van der Waals surface area contributed by atoms with Crippen LogP contribution in [-0.4, -0.2) is 32.7 Å². The number of aliphatic hydroxyl groups excluding tert-OH is 1. The van der Waals surface area contributed by atoms with E-state index in [1.54, 1.807) is 0 Å². The molecule has 0 bridgehead atoms. The van der Waals surface area contributed by atoms with Crippen LogP contribution in [-0.2, 0) is 24.1 Å². The Bertz CT molecular complexity index is 67.3. The molecular weight excluding hydrogens is 152 g/mol. The van der Waals surface area contributed by atoms with Crippen molar-refractivity contribution in [2.75, 3.05) is 0 Å². The van der Waals surface area contributed by atoms with Crippen LogP contribution in [0.2, 0.25) is 0 Å². The summed E-state index contributed by atoms with van der Waals surface area (Å²) in [5, 5.41) is 32.3. The van der Waals surface area contributed by atoms with Gasteiger partial charge in [0.15, 0.2) is 0 Å². The van der Waals surface area contributed by atoms with Crippen molar-refractivity contribution < 1.29 is 44.6 Å². The molecule has 1 unspecified atom stereocenters. The van der Waals surface area contributed by atoms with Gasteiger partial charge in [0.05, 0.1) is 0 Å². The van der Waals surface area contributed by atoms with Gasteiger partial charge < -0.3 is 0 Å². The molecule has 0 radical (unpaired) electrons. The predicted octanol–water partition coefficient (Wildman–Crippen LogP) is -2.59. The second-order valence-electron chi connectivity index (χ2n) is 1.16. The van der Waals surface area contributed by atoms with Crippen LogP contribution >= 0.6 is 0 Å². The fraction of sp³-hybridized carbons (Fsp3) is 1.00. The molecular formula is C2H5O5Ti. The molecule has 0 spiro atoms. The average Bonchev–Trinajstić information content (AvgIpc) is 1.62. The molecule has 0 aliphatic carbocycles. The van der Waals surface area contributed by atoms with Gasteiger partial charge in [-0.25, -0.2) is 0 Å². The molecule has 4 N–H and O–H groups in total. The van der Waals surface area contributed by atoms with E-state index in [4.69, 9.17) is 20.4 Å². The van der Waals surface area contributed by atoms with Crippen molar-refractivity contribution in [3.8, 4) is 0 Å². The summed E-state index contributed by atoms with van der Waals surface area (Å²) >= 11 is 1.02. The van der Waals surface area contributed by atoms with E-state index in [1.165, 1.54) is 0 Å². The van der Waals surface area contributed by atoms with Crippen LogP contribution in [0.25, 0.3) is 0 Å². The molecule has 1 atom stereocenters. The molecule has 0 aromatic heterocycles. The van der Waals surface area contributed by atoms with Crippen molar-refractivity contribution in [2.45, 2.75) is 12.3 Å². The van der Waals surface area contributed by atoms with E-state index < -0.39 is 12.3 Å². The van der Waals surface area contributed by atoms with Gasteiger partial charge in [0.25, 0.3) is 0 Å². The zero-order valence-corrected chi connectivity index (χ0v) is 5.34. The van der Waals surface area contributed by atoms with Crippen LogP contribution in [0, 0.1) is 0 Å². The third kappa shape index (κ3) is 2.73. The Hall–Kier alpha value is 0.514. The Balaban J connectivity index is 3.62. The first-order chi connectivity index (χ1) is 3.48. The third-order valence-electron chi connectivity index (χ3n) is 0.443. The summed E-state index contributed by atoms with van der Waals surface area (Å²) in [5.41, 5.74) is 0. The molecule has 0 aromatic carbocycles. The molecule has 0 fully saturated rings. The molecule has 0 amide bonds. The maximum atomic E-state index is 8.22. The van der Waals surface area contributed by atoms with E-state index in [2.05, 4.69) is 3.32 Å².